The summed E-state index contributed by atoms with van der Waals surface area (Å²) in [4.78, 5) is 2.06. The van der Waals surface area contributed by atoms with E-state index < -0.39 is 5.60 Å². The van der Waals surface area contributed by atoms with Gasteiger partial charge in [-0.15, -0.1) is 0 Å². The molecular weight excluding hydrogens is 404 g/mol. The van der Waals surface area contributed by atoms with Gasteiger partial charge in [-0.3, -0.25) is 5.43 Å². The van der Waals surface area contributed by atoms with Gasteiger partial charge in [0.2, 0.25) is 0 Å². The van der Waals surface area contributed by atoms with Crippen LogP contribution >= 0.6 is 12.2 Å². The Morgan fingerprint density at radius 1 is 1.23 bits per heavy atom. The van der Waals surface area contributed by atoms with E-state index in [4.69, 9.17) is 12.2 Å². The lowest BCUT2D eigenvalue weighted by Crippen LogP contribution is -2.47. The highest BCUT2D eigenvalue weighted by atomic mass is 32.1. The fourth-order valence-corrected chi connectivity index (χ4v) is 4.37. The Morgan fingerprint density at radius 3 is 2.48 bits per heavy atom. The van der Waals surface area contributed by atoms with Gasteiger partial charge in [-0.2, -0.15) is 5.10 Å². The number of nitrogens with one attached hydrogen (secondary N) is 2. The van der Waals surface area contributed by atoms with Crippen molar-refractivity contribution < 1.29 is 5.11 Å². The molecule has 1 aliphatic carbocycles. The zero-order valence-electron chi connectivity index (χ0n) is 20.0. The van der Waals surface area contributed by atoms with Crippen LogP contribution in [-0.2, 0) is 0 Å². The molecule has 0 aliphatic heterocycles. The quantitative estimate of drug-likeness (QED) is 0.217. The Labute approximate surface area is 194 Å². The lowest BCUT2D eigenvalue weighted by Gasteiger charge is -2.36. The van der Waals surface area contributed by atoms with Crippen LogP contribution in [0.2, 0.25) is 0 Å². The molecule has 1 aliphatic rings. The Kier molecular flexibility index (Phi) is 9.07. The first-order valence-corrected chi connectivity index (χ1v) is 11.7. The van der Waals surface area contributed by atoms with E-state index in [2.05, 4.69) is 59.7 Å². The minimum atomic E-state index is -0.613. The molecule has 3 N–H and O–H groups in total. The van der Waals surface area contributed by atoms with E-state index in [1.165, 1.54) is 5.57 Å². The number of allylic oxidation sites excluding steroid dienone is 2. The molecule has 2 rings (SSSR count). The van der Waals surface area contributed by atoms with Crippen molar-refractivity contribution in [3.05, 3.63) is 41.5 Å². The SMILES string of the molecule is CC1=CC[C@@H]([C@@](C)(O)CCCC(C)(C)NC(=S)N/N=C\c2ccc(N(C)C)cc2)CC1. The van der Waals surface area contributed by atoms with Crippen LogP contribution in [0.15, 0.2) is 41.0 Å². The molecule has 1 aromatic rings. The molecule has 1 aromatic carbocycles. The van der Waals surface area contributed by atoms with E-state index in [1.54, 1.807) is 6.21 Å². The average molecular weight is 445 g/mol. The Hall–Kier alpha value is -1.92. The van der Waals surface area contributed by atoms with Crippen LogP contribution in [0.4, 0.5) is 5.69 Å². The van der Waals surface area contributed by atoms with Gasteiger partial charge in [0.15, 0.2) is 5.11 Å². The molecule has 0 bridgehead atoms. The highest BCUT2D eigenvalue weighted by Gasteiger charge is 2.32. The van der Waals surface area contributed by atoms with Crippen LogP contribution in [0.25, 0.3) is 0 Å². The summed E-state index contributed by atoms with van der Waals surface area (Å²) in [6, 6.07) is 8.16. The molecule has 0 spiro atoms. The zero-order chi connectivity index (χ0) is 23.1. The summed E-state index contributed by atoms with van der Waals surface area (Å²) < 4.78 is 0. The highest BCUT2D eigenvalue weighted by Crippen LogP contribution is 2.35. The smallest absolute Gasteiger partial charge is 0.187 e. The van der Waals surface area contributed by atoms with Crippen molar-refractivity contribution >= 4 is 29.2 Å². The fourth-order valence-electron chi connectivity index (χ4n) is 4.04. The minimum Gasteiger partial charge on any atom is -0.390 e. The van der Waals surface area contributed by atoms with Crippen LogP contribution in [0.1, 0.15) is 71.8 Å². The van der Waals surface area contributed by atoms with Crippen molar-refractivity contribution in [3.63, 3.8) is 0 Å². The molecule has 0 fully saturated rings. The van der Waals surface area contributed by atoms with E-state index in [9.17, 15) is 5.11 Å². The van der Waals surface area contributed by atoms with Crippen molar-refractivity contribution in [3.8, 4) is 0 Å². The highest BCUT2D eigenvalue weighted by molar-refractivity contribution is 7.80. The average Bonchev–Trinajstić information content (AvgIpc) is 2.68. The van der Waals surface area contributed by atoms with Gasteiger partial charge in [0, 0.05) is 25.3 Å². The van der Waals surface area contributed by atoms with E-state index in [-0.39, 0.29) is 5.54 Å². The van der Waals surface area contributed by atoms with Crippen molar-refractivity contribution in [2.75, 3.05) is 19.0 Å². The summed E-state index contributed by atoms with van der Waals surface area (Å²) in [7, 11) is 4.04. The maximum absolute atomic E-state index is 11.0. The third-order valence-corrected chi connectivity index (χ3v) is 6.44. The Bertz CT molecular complexity index is 781. The van der Waals surface area contributed by atoms with Crippen molar-refractivity contribution in [2.45, 2.75) is 77.4 Å². The Morgan fingerprint density at radius 2 is 1.90 bits per heavy atom. The van der Waals surface area contributed by atoms with E-state index >= 15 is 0 Å². The third kappa shape index (κ3) is 8.62. The third-order valence-electron chi connectivity index (χ3n) is 6.24. The number of nitrogens with zero attached hydrogens (tertiary/aromatic N) is 2. The monoisotopic (exact) mass is 444 g/mol. The first kappa shape index (κ1) is 25.3. The molecule has 2 atom stereocenters. The molecule has 0 aromatic heterocycles. The van der Waals surface area contributed by atoms with Gasteiger partial charge in [0.05, 0.1) is 11.8 Å². The number of aliphatic hydroxyl groups is 1. The zero-order valence-corrected chi connectivity index (χ0v) is 20.9. The van der Waals surface area contributed by atoms with Crippen LogP contribution in [0.3, 0.4) is 0 Å². The number of thiocarbonyl (C=S) groups is 1. The van der Waals surface area contributed by atoms with Gasteiger partial charge in [0.1, 0.15) is 0 Å². The van der Waals surface area contributed by atoms with Crippen molar-refractivity contribution in [2.24, 2.45) is 11.0 Å². The molecule has 172 valence electrons. The summed E-state index contributed by atoms with van der Waals surface area (Å²) in [6.45, 7) is 8.44. The number of hydrogen-bond acceptors (Lipinski definition) is 4. The summed E-state index contributed by atoms with van der Waals surface area (Å²) in [5, 5.41) is 19.1. The number of hydrazone groups is 1. The van der Waals surface area contributed by atoms with Crippen LogP contribution in [-0.4, -0.2) is 41.7 Å². The van der Waals surface area contributed by atoms with Gasteiger partial charge < -0.3 is 15.3 Å². The number of hydrogen-bond donors (Lipinski definition) is 3. The molecule has 0 saturated carbocycles. The second-order valence-corrected chi connectivity index (χ2v) is 10.3. The largest absolute Gasteiger partial charge is 0.390 e. The Balaban J connectivity index is 1.75. The molecule has 6 heteroatoms. The van der Waals surface area contributed by atoms with Gasteiger partial charge in [-0.05, 0) is 102 Å². The van der Waals surface area contributed by atoms with Crippen molar-refractivity contribution in [1.29, 1.82) is 0 Å². The summed E-state index contributed by atoms with van der Waals surface area (Å²) in [5.41, 5.74) is 5.73. The standard InChI is InChI=1S/C25H40N4OS/c1-19-8-12-21(13-9-19)25(4,30)17-7-16-24(2,3)27-23(31)28-26-18-20-10-14-22(15-11-20)29(5)6/h8,10-11,14-15,18,21,30H,7,9,12-13,16-17H2,1-6H3,(H2,27,28,31)/b26-18-/t21-,25+/m1/s1. The summed E-state index contributed by atoms with van der Waals surface area (Å²) in [5.74, 6) is 0.358. The van der Waals surface area contributed by atoms with Crippen LogP contribution in [0, 0.1) is 5.92 Å². The number of benzene rings is 1. The molecule has 5 nitrogen and oxygen atoms in total. The van der Waals surface area contributed by atoms with Gasteiger partial charge >= 0.3 is 0 Å². The maximum atomic E-state index is 11.0. The lowest BCUT2D eigenvalue weighted by atomic mass is 9.76. The lowest BCUT2D eigenvalue weighted by molar-refractivity contribution is -0.0159. The van der Waals surface area contributed by atoms with Crippen LogP contribution < -0.4 is 15.6 Å². The predicted octanol–water partition coefficient (Wildman–Crippen LogP) is 5.00. The van der Waals surface area contributed by atoms with E-state index in [1.807, 2.05) is 33.2 Å². The van der Waals surface area contributed by atoms with Gasteiger partial charge in [-0.25, -0.2) is 0 Å². The molecule has 31 heavy (non-hydrogen) atoms. The van der Waals surface area contributed by atoms with Gasteiger partial charge in [-0.1, -0.05) is 23.8 Å². The fraction of sp³-hybridized carbons (Fsp3) is 0.600. The molecule has 0 unspecified atom stereocenters. The maximum Gasteiger partial charge on any atom is 0.187 e. The summed E-state index contributed by atoms with van der Waals surface area (Å²) >= 11 is 5.41. The first-order chi connectivity index (χ1) is 14.5. The van der Waals surface area contributed by atoms with E-state index in [0.717, 1.165) is 49.8 Å². The van der Waals surface area contributed by atoms with Gasteiger partial charge in [0.25, 0.3) is 0 Å². The molecular formula is C25H40N4OS. The second-order valence-electron chi connectivity index (χ2n) is 9.93. The number of rotatable bonds is 9. The minimum absolute atomic E-state index is 0.175. The first-order valence-electron chi connectivity index (χ1n) is 11.3. The predicted molar refractivity (Wildman–Crippen MR) is 137 cm³/mol. The molecule has 0 amide bonds. The van der Waals surface area contributed by atoms with Crippen LogP contribution in [0.5, 0.6) is 0 Å². The topological polar surface area (TPSA) is 59.9 Å². The summed E-state index contributed by atoms with van der Waals surface area (Å²) in [6.07, 6.45) is 9.89. The molecule has 0 heterocycles. The van der Waals surface area contributed by atoms with E-state index in [0.29, 0.717) is 11.0 Å². The molecule has 0 radical (unpaired) electrons. The van der Waals surface area contributed by atoms with Crippen molar-refractivity contribution in [1.82, 2.24) is 10.7 Å². The molecule has 0 saturated heterocycles. The second kappa shape index (κ2) is 11.1. The number of anilines is 1. The normalized spacial score (nSPS) is 18.9.